The van der Waals surface area contributed by atoms with Crippen molar-refractivity contribution in [3.8, 4) is 5.75 Å². The molecule has 5 heteroatoms. The molecule has 1 aliphatic rings. The van der Waals surface area contributed by atoms with E-state index >= 15 is 0 Å². The molecule has 1 aliphatic heterocycles. The lowest BCUT2D eigenvalue weighted by molar-refractivity contribution is -0.117. The van der Waals surface area contributed by atoms with E-state index in [-0.39, 0.29) is 5.91 Å². The molecular formula is C15H22N2O3. The number of piperidine rings is 1. The van der Waals surface area contributed by atoms with E-state index in [1.165, 1.54) is 0 Å². The molecule has 110 valence electrons. The highest BCUT2D eigenvalue weighted by Crippen LogP contribution is 2.17. The van der Waals surface area contributed by atoms with Crippen LogP contribution >= 0.6 is 0 Å². The van der Waals surface area contributed by atoms with Gasteiger partial charge in [-0.2, -0.15) is 0 Å². The number of rotatable bonds is 5. The number of benzene rings is 1. The molecule has 0 radical (unpaired) electrons. The zero-order valence-electron chi connectivity index (χ0n) is 12.1. The third-order valence-electron chi connectivity index (χ3n) is 3.59. The van der Waals surface area contributed by atoms with E-state index < -0.39 is 0 Å². The van der Waals surface area contributed by atoms with Crippen LogP contribution in [0.1, 0.15) is 12.8 Å². The molecule has 1 aromatic carbocycles. The molecule has 0 aliphatic carbocycles. The predicted molar refractivity (Wildman–Crippen MR) is 78.1 cm³/mol. The van der Waals surface area contributed by atoms with Gasteiger partial charge in [0.15, 0.2) is 0 Å². The Balaban J connectivity index is 1.80. The highest BCUT2D eigenvalue weighted by molar-refractivity contribution is 5.92. The molecule has 2 rings (SSSR count). The van der Waals surface area contributed by atoms with E-state index in [0.717, 1.165) is 37.4 Å². The fraction of sp³-hybridized carbons (Fsp3) is 0.533. The van der Waals surface area contributed by atoms with Gasteiger partial charge in [0.1, 0.15) is 5.75 Å². The SMILES string of the molecule is COc1cccc(NC(=O)CN2CCC(OC)CC2)c1. The standard InChI is InChI=1S/C15H22N2O3/c1-19-13-6-8-17(9-7-13)11-15(18)16-12-4-3-5-14(10-12)20-2/h3-5,10,13H,6-9,11H2,1-2H3,(H,16,18). The Labute approximate surface area is 119 Å². The summed E-state index contributed by atoms with van der Waals surface area (Å²) in [7, 11) is 3.36. The van der Waals surface area contributed by atoms with E-state index in [0.29, 0.717) is 12.6 Å². The summed E-state index contributed by atoms with van der Waals surface area (Å²) < 4.78 is 10.5. The van der Waals surface area contributed by atoms with Gasteiger partial charge in [-0.05, 0) is 25.0 Å². The summed E-state index contributed by atoms with van der Waals surface area (Å²) in [6.45, 7) is 2.24. The van der Waals surface area contributed by atoms with Gasteiger partial charge in [-0.1, -0.05) is 6.07 Å². The highest BCUT2D eigenvalue weighted by Gasteiger charge is 2.20. The van der Waals surface area contributed by atoms with Gasteiger partial charge in [-0.25, -0.2) is 0 Å². The largest absolute Gasteiger partial charge is 0.497 e. The summed E-state index contributed by atoms with van der Waals surface area (Å²) in [4.78, 5) is 14.2. The van der Waals surface area contributed by atoms with Crippen molar-refractivity contribution in [2.24, 2.45) is 0 Å². The van der Waals surface area contributed by atoms with E-state index in [2.05, 4.69) is 10.2 Å². The molecular weight excluding hydrogens is 256 g/mol. The molecule has 0 atom stereocenters. The monoisotopic (exact) mass is 278 g/mol. The van der Waals surface area contributed by atoms with Gasteiger partial charge in [0, 0.05) is 32.0 Å². The summed E-state index contributed by atoms with van der Waals surface area (Å²) in [5, 5.41) is 2.90. The number of carbonyl (C=O) groups is 1. The molecule has 0 saturated carbocycles. The average Bonchev–Trinajstić information content (AvgIpc) is 2.48. The maximum atomic E-state index is 12.0. The minimum atomic E-state index is 0.00844. The zero-order chi connectivity index (χ0) is 14.4. The average molecular weight is 278 g/mol. The van der Waals surface area contributed by atoms with Crippen molar-refractivity contribution in [1.29, 1.82) is 0 Å². The van der Waals surface area contributed by atoms with Crippen LogP contribution in [0.5, 0.6) is 5.75 Å². The Bertz CT molecular complexity index is 442. The van der Waals surface area contributed by atoms with Crippen molar-refractivity contribution in [3.63, 3.8) is 0 Å². The second kappa shape index (κ2) is 7.26. The Morgan fingerprint density at radius 3 is 2.75 bits per heavy atom. The molecule has 5 nitrogen and oxygen atoms in total. The number of nitrogens with one attached hydrogen (secondary N) is 1. The number of anilines is 1. The van der Waals surface area contributed by atoms with Crippen molar-refractivity contribution in [2.45, 2.75) is 18.9 Å². The zero-order valence-corrected chi connectivity index (χ0v) is 12.1. The molecule has 1 saturated heterocycles. The van der Waals surface area contributed by atoms with Crippen LogP contribution in [0.2, 0.25) is 0 Å². The Morgan fingerprint density at radius 2 is 2.10 bits per heavy atom. The van der Waals surface area contributed by atoms with Gasteiger partial charge >= 0.3 is 0 Å². The van der Waals surface area contributed by atoms with Crippen LogP contribution < -0.4 is 10.1 Å². The topological polar surface area (TPSA) is 50.8 Å². The van der Waals surface area contributed by atoms with Gasteiger partial charge in [0.2, 0.25) is 5.91 Å². The number of hydrogen-bond donors (Lipinski definition) is 1. The number of carbonyl (C=O) groups excluding carboxylic acids is 1. The van der Waals surface area contributed by atoms with Crippen molar-refractivity contribution in [3.05, 3.63) is 24.3 Å². The maximum absolute atomic E-state index is 12.0. The van der Waals surface area contributed by atoms with Gasteiger partial charge in [-0.3, -0.25) is 9.69 Å². The molecule has 0 aromatic heterocycles. The summed E-state index contributed by atoms with van der Waals surface area (Å²) in [6.07, 6.45) is 2.32. The number of likely N-dealkylation sites (tertiary alicyclic amines) is 1. The van der Waals surface area contributed by atoms with Crippen molar-refractivity contribution >= 4 is 11.6 Å². The maximum Gasteiger partial charge on any atom is 0.238 e. The van der Waals surface area contributed by atoms with Crippen LogP contribution in [0.15, 0.2) is 24.3 Å². The first-order valence-corrected chi connectivity index (χ1v) is 6.90. The lowest BCUT2D eigenvalue weighted by atomic mass is 10.1. The second-order valence-corrected chi connectivity index (χ2v) is 4.99. The minimum absolute atomic E-state index is 0.00844. The van der Waals surface area contributed by atoms with Crippen LogP contribution in [0, 0.1) is 0 Å². The summed E-state index contributed by atoms with van der Waals surface area (Å²) in [5.41, 5.74) is 0.765. The minimum Gasteiger partial charge on any atom is -0.497 e. The third-order valence-corrected chi connectivity index (χ3v) is 3.59. The Morgan fingerprint density at radius 1 is 1.35 bits per heavy atom. The summed E-state index contributed by atoms with van der Waals surface area (Å²) in [5.74, 6) is 0.748. The smallest absolute Gasteiger partial charge is 0.238 e. The number of hydrogen-bond acceptors (Lipinski definition) is 4. The van der Waals surface area contributed by atoms with Crippen LogP contribution in [-0.2, 0) is 9.53 Å². The first-order valence-electron chi connectivity index (χ1n) is 6.90. The fourth-order valence-electron chi connectivity index (χ4n) is 2.41. The molecule has 0 bridgehead atoms. The Kier molecular flexibility index (Phi) is 5.38. The normalized spacial score (nSPS) is 16.9. The van der Waals surface area contributed by atoms with Crippen LogP contribution in [0.3, 0.4) is 0 Å². The molecule has 20 heavy (non-hydrogen) atoms. The predicted octanol–water partition coefficient (Wildman–Crippen LogP) is 1.74. The van der Waals surface area contributed by atoms with Crippen LogP contribution in [-0.4, -0.2) is 50.8 Å². The van der Waals surface area contributed by atoms with Crippen LogP contribution in [0.4, 0.5) is 5.69 Å². The first-order chi connectivity index (χ1) is 9.71. The highest BCUT2D eigenvalue weighted by atomic mass is 16.5. The van der Waals surface area contributed by atoms with Crippen molar-refractivity contribution in [2.75, 3.05) is 39.2 Å². The van der Waals surface area contributed by atoms with Crippen molar-refractivity contribution in [1.82, 2.24) is 4.90 Å². The van der Waals surface area contributed by atoms with Gasteiger partial charge < -0.3 is 14.8 Å². The van der Waals surface area contributed by atoms with E-state index in [1.54, 1.807) is 14.2 Å². The van der Waals surface area contributed by atoms with Gasteiger partial charge in [-0.15, -0.1) is 0 Å². The quantitative estimate of drug-likeness (QED) is 0.891. The van der Waals surface area contributed by atoms with Gasteiger partial charge in [0.25, 0.3) is 0 Å². The van der Waals surface area contributed by atoms with Gasteiger partial charge in [0.05, 0.1) is 19.8 Å². The Hall–Kier alpha value is -1.59. The third kappa shape index (κ3) is 4.21. The first kappa shape index (κ1) is 14.8. The lowest BCUT2D eigenvalue weighted by Crippen LogP contribution is -2.41. The fourth-order valence-corrected chi connectivity index (χ4v) is 2.41. The summed E-state index contributed by atoms with van der Waals surface area (Å²) in [6, 6.07) is 7.39. The number of methoxy groups -OCH3 is 2. The van der Waals surface area contributed by atoms with Crippen molar-refractivity contribution < 1.29 is 14.3 Å². The van der Waals surface area contributed by atoms with E-state index in [1.807, 2.05) is 24.3 Å². The van der Waals surface area contributed by atoms with Crippen LogP contribution in [0.25, 0.3) is 0 Å². The molecule has 1 aromatic rings. The van der Waals surface area contributed by atoms with E-state index in [9.17, 15) is 4.79 Å². The molecule has 1 fully saturated rings. The lowest BCUT2D eigenvalue weighted by Gasteiger charge is -2.30. The number of nitrogens with zero attached hydrogens (tertiary/aromatic N) is 1. The second-order valence-electron chi connectivity index (χ2n) is 4.99. The molecule has 1 N–H and O–H groups in total. The molecule has 0 unspecified atom stereocenters. The number of ether oxygens (including phenoxy) is 2. The van der Waals surface area contributed by atoms with E-state index in [4.69, 9.17) is 9.47 Å². The molecule has 0 spiro atoms. The molecule has 1 heterocycles. The molecule has 1 amide bonds. The summed E-state index contributed by atoms with van der Waals surface area (Å²) >= 11 is 0. The number of amides is 1.